The van der Waals surface area contributed by atoms with E-state index in [4.69, 9.17) is 0 Å². The lowest BCUT2D eigenvalue weighted by molar-refractivity contribution is -0.131. The van der Waals surface area contributed by atoms with Crippen LogP contribution in [0.25, 0.3) is 0 Å². The molecule has 6 heteroatoms. The van der Waals surface area contributed by atoms with Gasteiger partial charge in [-0.2, -0.15) is 0 Å². The first-order valence-corrected chi connectivity index (χ1v) is 9.86. The van der Waals surface area contributed by atoms with Crippen LogP contribution in [0.1, 0.15) is 26.2 Å². The number of piperazine rings is 1. The quantitative estimate of drug-likeness (QED) is 0.576. The van der Waals surface area contributed by atoms with Gasteiger partial charge in [-0.15, -0.1) is 0 Å². The Kier molecular flexibility index (Phi) is 6.75. The monoisotopic (exact) mass is 357 g/mol. The number of aliphatic imine (C=N–C) groups is 1. The minimum absolute atomic E-state index is 0.225. The van der Waals surface area contributed by atoms with Gasteiger partial charge < -0.3 is 20.4 Å². The zero-order valence-electron chi connectivity index (χ0n) is 15.8. The topological polar surface area (TPSA) is 60.0 Å². The van der Waals surface area contributed by atoms with Crippen molar-refractivity contribution in [3.05, 3.63) is 30.3 Å². The molecular formula is C20H31N5O. The second kappa shape index (κ2) is 9.46. The lowest BCUT2D eigenvalue weighted by Crippen LogP contribution is -2.49. The van der Waals surface area contributed by atoms with Crippen LogP contribution in [0.4, 0.5) is 5.69 Å². The van der Waals surface area contributed by atoms with Gasteiger partial charge in [0.15, 0.2) is 5.96 Å². The van der Waals surface area contributed by atoms with Crippen LogP contribution in [0.15, 0.2) is 35.3 Å². The molecule has 1 saturated heterocycles. The minimum atomic E-state index is 0.225. The van der Waals surface area contributed by atoms with E-state index in [1.165, 1.54) is 18.5 Å². The van der Waals surface area contributed by atoms with E-state index in [2.05, 4.69) is 51.7 Å². The molecule has 2 aliphatic rings. The van der Waals surface area contributed by atoms with Crippen LogP contribution in [0, 0.1) is 5.92 Å². The van der Waals surface area contributed by atoms with Crippen molar-refractivity contribution in [3.63, 3.8) is 0 Å². The number of hydrogen-bond acceptors (Lipinski definition) is 3. The fraction of sp³-hybridized carbons (Fsp3) is 0.600. The Balaban J connectivity index is 1.37. The van der Waals surface area contributed by atoms with Gasteiger partial charge in [0, 0.05) is 57.9 Å². The van der Waals surface area contributed by atoms with Gasteiger partial charge in [-0.05, 0) is 37.8 Å². The molecule has 0 aromatic heterocycles. The van der Waals surface area contributed by atoms with E-state index >= 15 is 0 Å². The lowest BCUT2D eigenvalue weighted by Gasteiger charge is -2.36. The third-order valence-corrected chi connectivity index (χ3v) is 4.93. The molecule has 6 nitrogen and oxygen atoms in total. The molecule has 0 spiro atoms. The first-order chi connectivity index (χ1) is 12.8. The molecule has 1 saturated carbocycles. The fourth-order valence-corrected chi connectivity index (χ4v) is 3.16. The Morgan fingerprint density at radius 1 is 1.12 bits per heavy atom. The van der Waals surface area contributed by atoms with E-state index in [-0.39, 0.29) is 5.91 Å². The van der Waals surface area contributed by atoms with E-state index in [1.54, 1.807) is 0 Å². The van der Waals surface area contributed by atoms with Crippen molar-refractivity contribution in [2.45, 2.75) is 26.2 Å². The molecule has 0 atom stereocenters. The molecule has 2 N–H and O–H groups in total. The van der Waals surface area contributed by atoms with Gasteiger partial charge in [-0.1, -0.05) is 18.2 Å². The summed E-state index contributed by atoms with van der Waals surface area (Å²) >= 11 is 0. The van der Waals surface area contributed by atoms with E-state index in [9.17, 15) is 4.79 Å². The van der Waals surface area contributed by atoms with Gasteiger partial charge in [-0.3, -0.25) is 9.79 Å². The minimum Gasteiger partial charge on any atom is -0.368 e. The molecule has 0 bridgehead atoms. The van der Waals surface area contributed by atoms with E-state index in [0.717, 1.165) is 51.1 Å². The summed E-state index contributed by atoms with van der Waals surface area (Å²) in [5, 5.41) is 6.54. The molecule has 1 heterocycles. The zero-order valence-corrected chi connectivity index (χ0v) is 15.8. The maximum absolute atomic E-state index is 12.5. The van der Waals surface area contributed by atoms with Gasteiger partial charge >= 0.3 is 0 Å². The maximum Gasteiger partial charge on any atom is 0.224 e. The number of hydrogen-bond donors (Lipinski definition) is 2. The number of amides is 1. The third kappa shape index (κ3) is 5.64. The van der Waals surface area contributed by atoms with Crippen molar-refractivity contribution < 1.29 is 4.79 Å². The van der Waals surface area contributed by atoms with Crippen LogP contribution >= 0.6 is 0 Å². The predicted molar refractivity (Wildman–Crippen MR) is 107 cm³/mol. The molecule has 0 unspecified atom stereocenters. The summed E-state index contributed by atoms with van der Waals surface area (Å²) in [6.45, 7) is 7.81. The summed E-state index contributed by atoms with van der Waals surface area (Å²) < 4.78 is 0. The van der Waals surface area contributed by atoms with Gasteiger partial charge in [-0.25, -0.2) is 0 Å². The first-order valence-electron chi connectivity index (χ1n) is 9.86. The lowest BCUT2D eigenvalue weighted by atomic mass is 10.2. The Morgan fingerprint density at radius 2 is 1.85 bits per heavy atom. The standard InChI is InChI=1S/C20H31N5O/c1-2-21-20(23-16-17-8-9-17)22-11-10-19(26)25-14-12-24(13-15-25)18-6-4-3-5-7-18/h3-7,17H,2,8-16H2,1H3,(H2,21,22,23). The highest BCUT2D eigenvalue weighted by atomic mass is 16.2. The Labute approximate surface area is 156 Å². The van der Waals surface area contributed by atoms with Crippen LogP contribution in [0.2, 0.25) is 0 Å². The molecule has 1 aliphatic carbocycles. The second-order valence-corrected chi connectivity index (χ2v) is 7.04. The average Bonchev–Trinajstić information content (AvgIpc) is 3.51. The molecule has 1 aromatic rings. The molecule has 1 aliphatic heterocycles. The molecule has 3 rings (SSSR count). The molecule has 26 heavy (non-hydrogen) atoms. The smallest absolute Gasteiger partial charge is 0.224 e. The number of guanidine groups is 1. The molecule has 2 fully saturated rings. The average molecular weight is 358 g/mol. The molecular weight excluding hydrogens is 326 g/mol. The molecule has 0 radical (unpaired) electrons. The maximum atomic E-state index is 12.5. The highest BCUT2D eigenvalue weighted by molar-refractivity contribution is 5.81. The Morgan fingerprint density at radius 3 is 2.50 bits per heavy atom. The first kappa shape index (κ1) is 18.5. The van der Waals surface area contributed by atoms with Crippen molar-refractivity contribution in [3.8, 4) is 0 Å². The summed E-state index contributed by atoms with van der Waals surface area (Å²) in [7, 11) is 0. The third-order valence-electron chi connectivity index (χ3n) is 4.93. The Hall–Kier alpha value is -2.24. The SMILES string of the molecule is CCNC(=NCC1CC1)NCCC(=O)N1CCN(c2ccccc2)CC1. The van der Waals surface area contributed by atoms with Crippen molar-refractivity contribution in [2.24, 2.45) is 10.9 Å². The largest absolute Gasteiger partial charge is 0.368 e. The number of nitrogens with zero attached hydrogens (tertiary/aromatic N) is 3. The fourth-order valence-electron chi connectivity index (χ4n) is 3.16. The van der Waals surface area contributed by atoms with Gasteiger partial charge in [0.25, 0.3) is 0 Å². The van der Waals surface area contributed by atoms with Crippen LogP contribution in [0.5, 0.6) is 0 Å². The normalized spacial score (nSPS) is 18.0. The molecule has 1 aromatic carbocycles. The van der Waals surface area contributed by atoms with Gasteiger partial charge in [0.2, 0.25) is 5.91 Å². The highest BCUT2D eigenvalue weighted by Gasteiger charge is 2.22. The predicted octanol–water partition coefficient (Wildman–Crippen LogP) is 1.69. The zero-order chi connectivity index (χ0) is 18.2. The van der Waals surface area contributed by atoms with Crippen molar-refractivity contribution in [1.29, 1.82) is 0 Å². The summed E-state index contributed by atoms with van der Waals surface area (Å²) in [5.74, 6) is 1.83. The number of anilines is 1. The number of carbonyl (C=O) groups is 1. The van der Waals surface area contributed by atoms with Crippen LogP contribution in [-0.2, 0) is 4.79 Å². The molecule has 1 amide bonds. The van der Waals surface area contributed by atoms with Crippen molar-refractivity contribution in [2.75, 3.05) is 50.7 Å². The number of nitrogens with one attached hydrogen (secondary N) is 2. The highest BCUT2D eigenvalue weighted by Crippen LogP contribution is 2.28. The van der Waals surface area contributed by atoms with Gasteiger partial charge in [0.1, 0.15) is 0 Å². The summed E-state index contributed by atoms with van der Waals surface area (Å²) in [4.78, 5) is 21.4. The summed E-state index contributed by atoms with van der Waals surface area (Å²) in [6.07, 6.45) is 3.12. The van der Waals surface area contributed by atoms with E-state index < -0.39 is 0 Å². The summed E-state index contributed by atoms with van der Waals surface area (Å²) in [6, 6.07) is 10.4. The van der Waals surface area contributed by atoms with Crippen molar-refractivity contribution >= 4 is 17.6 Å². The van der Waals surface area contributed by atoms with Crippen molar-refractivity contribution in [1.82, 2.24) is 15.5 Å². The Bertz CT molecular complexity index is 591. The number of benzene rings is 1. The number of carbonyl (C=O) groups excluding carboxylic acids is 1. The number of rotatable bonds is 7. The number of para-hydroxylation sites is 1. The second-order valence-electron chi connectivity index (χ2n) is 7.04. The van der Waals surface area contributed by atoms with Crippen LogP contribution in [-0.4, -0.2) is 62.6 Å². The van der Waals surface area contributed by atoms with Crippen LogP contribution in [0.3, 0.4) is 0 Å². The molecule has 142 valence electrons. The van der Waals surface area contributed by atoms with E-state index in [0.29, 0.717) is 13.0 Å². The summed E-state index contributed by atoms with van der Waals surface area (Å²) in [5.41, 5.74) is 1.24. The van der Waals surface area contributed by atoms with E-state index in [1.807, 2.05) is 11.0 Å². The van der Waals surface area contributed by atoms with Gasteiger partial charge in [0.05, 0.1) is 0 Å². The van der Waals surface area contributed by atoms with Crippen LogP contribution < -0.4 is 15.5 Å².